The molecule has 0 amide bonds. The second-order valence-corrected chi connectivity index (χ2v) is 13.2. The molecule has 38 heavy (non-hydrogen) atoms. The molecular formula is C32H48N4O2. The summed E-state index contributed by atoms with van der Waals surface area (Å²) in [6, 6.07) is 8.42. The Kier molecular flexibility index (Phi) is 8.02. The van der Waals surface area contributed by atoms with Gasteiger partial charge in [0.1, 0.15) is 6.04 Å². The highest BCUT2D eigenvalue weighted by Gasteiger charge is 2.44. The number of hydrogen-bond acceptors (Lipinski definition) is 4. The van der Waals surface area contributed by atoms with Crippen LogP contribution in [-0.2, 0) is 24.2 Å². The van der Waals surface area contributed by atoms with Crippen molar-refractivity contribution in [2.45, 2.75) is 97.6 Å². The maximum atomic E-state index is 12.4. The van der Waals surface area contributed by atoms with Crippen molar-refractivity contribution in [2.75, 3.05) is 32.7 Å². The van der Waals surface area contributed by atoms with Gasteiger partial charge in [-0.15, -0.1) is 0 Å². The molecular weight excluding hydrogens is 472 g/mol. The number of aliphatic carboxylic acids is 1. The van der Waals surface area contributed by atoms with Crippen LogP contribution in [0.5, 0.6) is 0 Å². The molecule has 0 radical (unpaired) electrons. The molecule has 5 rings (SSSR count). The smallest absolute Gasteiger partial charge is 0.321 e. The molecule has 2 fully saturated rings. The number of rotatable bonds is 7. The summed E-state index contributed by atoms with van der Waals surface area (Å²) in [5.74, 6) is 0.722. The Labute approximate surface area is 229 Å². The molecule has 0 spiro atoms. The van der Waals surface area contributed by atoms with Crippen LogP contribution in [0.4, 0.5) is 0 Å². The summed E-state index contributed by atoms with van der Waals surface area (Å²) in [6.45, 7) is 16.5. The summed E-state index contributed by atoms with van der Waals surface area (Å²) in [5.41, 5.74) is 6.82. The number of carbonyl (C=O) groups is 1. The number of carboxylic acids is 1. The average Bonchev–Trinajstić information content (AvgIpc) is 3.44. The molecule has 2 aliphatic heterocycles. The third-order valence-electron chi connectivity index (χ3n) is 9.39. The van der Waals surface area contributed by atoms with Gasteiger partial charge in [0.2, 0.25) is 0 Å². The van der Waals surface area contributed by atoms with E-state index in [-0.39, 0.29) is 5.41 Å². The van der Waals surface area contributed by atoms with Gasteiger partial charge in [0.25, 0.3) is 0 Å². The Balaban J connectivity index is 1.31. The molecule has 0 unspecified atom stereocenters. The van der Waals surface area contributed by atoms with E-state index in [9.17, 15) is 9.90 Å². The van der Waals surface area contributed by atoms with E-state index in [2.05, 4.69) is 73.4 Å². The molecule has 208 valence electrons. The van der Waals surface area contributed by atoms with Crippen molar-refractivity contribution >= 4 is 5.97 Å². The van der Waals surface area contributed by atoms with Crippen LogP contribution >= 0.6 is 0 Å². The lowest BCUT2D eigenvalue weighted by Gasteiger charge is -2.36. The minimum atomic E-state index is -0.696. The Bertz CT molecular complexity index is 1120. The van der Waals surface area contributed by atoms with Gasteiger partial charge < -0.3 is 10.0 Å². The van der Waals surface area contributed by atoms with Crippen molar-refractivity contribution < 1.29 is 9.90 Å². The maximum Gasteiger partial charge on any atom is 0.321 e. The third-order valence-corrected chi connectivity index (χ3v) is 9.39. The lowest BCUT2D eigenvalue weighted by atomic mass is 9.85. The minimum Gasteiger partial charge on any atom is -0.480 e. The first-order chi connectivity index (χ1) is 18.2. The number of carboxylic acid groups (broad SMARTS) is 1. The van der Waals surface area contributed by atoms with Crippen LogP contribution in [0.3, 0.4) is 0 Å². The monoisotopic (exact) mass is 520 g/mol. The Morgan fingerprint density at radius 2 is 1.87 bits per heavy atom. The number of aromatic nitrogens is 2. The molecule has 2 aromatic rings. The number of nitrogens with zero attached hydrogens (tertiary/aromatic N) is 4. The summed E-state index contributed by atoms with van der Waals surface area (Å²) >= 11 is 0. The molecule has 0 saturated carbocycles. The fourth-order valence-corrected chi connectivity index (χ4v) is 7.70. The van der Waals surface area contributed by atoms with Gasteiger partial charge in [-0.25, -0.2) is 0 Å². The highest BCUT2D eigenvalue weighted by molar-refractivity contribution is 5.74. The highest BCUT2D eigenvalue weighted by atomic mass is 16.4. The van der Waals surface area contributed by atoms with Gasteiger partial charge in [0.05, 0.1) is 5.69 Å². The first-order valence-corrected chi connectivity index (χ1v) is 15.0. The van der Waals surface area contributed by atoms with E-state index >= 15 is 0 Å². The van der Waals surface area contributed by atoms with Gasteiger partial charge in [-0.1, -0.05) is 50.6 Å². The molecule has 2 saturated heterocycles. The minimum absolute atomic E-state index is 0.308. The largest absolute Gasteiger partial charge is 0.480 e. The van der Waals surface area contributed by atoms with E-state index in [1.807, 2.05) is 0 Å². The molecule has 0 bridgehead atoms. The topological polar surface area (TPSA) is 61.6 Å². The van der Waals surface area contributed by atoms with Crippen LogP contribution in [0.25, 0.3) is 0 Å². The van der Waals surface area contributed by atoms with Gasteiger partial charge in [-0.05, 0) is 87.9 Å². The SMILES string of the molecule is CCn1nc2c(c1C1CCN(C[C@H]3CN([C@@H](C(=O)O)C(C)(C)C)C[C@@H]3c3cccc(C)c3)CC1)CCCC2. The second kappa shape index (κ2) is 11.1. The van der Waals surface area contributed by atoms with Crippen molar-refractivity contribution in [3.05, 3.63) is 52.3 Å². The molecule has 3 aliphatic rings. The van der Waals surface area contributed by atoms with Gasteiger partial charge in [-0.2, -0.15) is 5.10 Å². The summed E-state index contributed by atoms with van der Waals surface area (Å²) in [7, 11) is 0. The molecule has 6 nitrogen and oxygen atoms in total. The summed E-state index contributed by atoms with van der Waals surface area (Å²) in [5, 5.41) is 15.2. The Morgan fingerprint density at radius 1 is 1.13 bits per heavy atom. The van der Waals surface area contributed by atoms with Crippen LogP contribution in [0.1, 0.15) is 93.3 Å². The van der Waals surface area contributed by atoms with Crippen molar-refractivity contribution in [3.63, 3.8) is 0 Å². The molecule has 1 aromatic heterocycles. The zero-order chi connectivity index (χ0) is 27.0. The lowest BCUT2D eigenvalue weighted by Crippen LogP contribution is -2.48. The van der Waals surface area contributed by atoms with E-state index in [1.54, 1.807) is 11.3 Å². The first kappa shape index (κ1) is 27.4. The fraction of sp³-hybridized carbons (Fsp3) is 0.688. The van der Waals surface area contributed by atoms with E-state index in [4.69, 9.17) is 5.10 Å². The standard InChI is InChI=1S/C32H48N4O2/c1-6-36-29(26-12-7-8-13-28(26)33-36)23-14-16-34(17-15-23)19-25-20-35(30(31(37)38)32(3,4)5)21-27(25)24-11-9-10-22(2)18-24/h9-11,18,23,25,27,30H,6-8,12-17,19-21H2,1-5H3,(H,37,38)/t25-,27+,30-/m0/s1. The molecule has 6 heteroatoms. The van der Waals surface area contributed by atoms with Crippen molar-refractivity contribution in [3.8, 4) is 0 Å². The number of aryl methyl sites for hydroxylation is 3. The quantitative estimate of drug-likeness (QED) is 0.524. The number of fused-ring (bicyclic) bond motifs is 1. The van der Waals surface area contributed by atoms with Crippen LogP contribution in [-0.4, -0.2) is 69.4 Å². The maximum absolute atomic E-state index is 12.4. The van der Waals surface area contributed by atoms with Crippen LogP contribution in [0.15, 0.2) is 24.3 Å². The number of benzene rings is 1. The van der Waals surface area contributed by atoms with Crippen LogP contribution < -0.4 is 0 Å². The van der Waals surface area contributed by atoms with Gasteiger partial charge in [-0.3, -0.25) is 14.4 Å². The van der Waals surface area contributed by atoms with Crippen LogP contribution in [0.2, 0.25) is 0 Å². The summed E-state index contributed by atoms with van der Waals surface area (Å²) < 4.78 is 2.32. The predicted molar refractivity (Wildman–Crippen MR) is 153 cm³/mol. The predicted octanol–water partition coefficient (Wildman–Crippen LogP) is 5.48. The highest BCUT2D eigenvalue weighted by Crippen LogP contribution is 2.40. The van der Waals surface area contributed by atoms with E-state index in [0.29, 0.717) is 17.8 Å². The number of hydrogen-bond donors (Lipinski definition) is 1. The second-order valence-electron chi connectivity index (χ2n) is 13.2. The average molecular weight is 521 g/mol. The van der Waals surface area contributed by atoms with Gasteiger partial charge in [0.15, 0.2) is 0 Å². The van der Waals surface area contributed by atoms with E-state index in [0.717, 1.165) is 45.7 Å². The lowest BCUT2D eigenvalue weighted by molar-refractivity contribution is -0.147. The summed E-state index contributed by atoms with van der Waals surface area (Å²) in [6.07, 6.45) is 7.34. The Morgan fingerprint density at radius 3 is 2.53 bits per heavy atom. The Hall–Kier alpha value is -2.18. The molecule has 1 N–H and O–H groups in total. The normalized spacial score (nSPS) is 24.4. The summed E-state index contributed by atoms with van der Waals surface area (Å²) in [4.78, 5) is 17.3. The molecule has 3 heterocycles. The van der Waals surface area contributed by atoms with Gasteiger partial charge >= 0.3 is 5.97 Å². The van der Waals surface area contributed by atoms with E-state index < -0.39 is 12.0 Å². The zero-order valence-corrected chi connectivity index (χ0v) is 24.2. The van der Waals surface area contributed by atoms with Crippen molar-refractivity contribution in [2.24, 2.45) is 11.3 Å². The van der Waals surface area contributed by atoms with E-state index in [1.165, 1.54) is 48.9 Å². The fourth-order valence-electron chi connectivity index (χ4n) is 7.70. The molecule has 1 aromatic carbocycles. The van der Waals surface area contributed by atoms with Crippen molar-refractivity contribution in [1.82, 2.24) is 19.6 Å². The van der Waals surface area contributed by atoms with Crippen molar-refractivity contribution in [1.29, 1.82) is 0 Å². The first-order valence-electron chi connectivity index (χ1n) is 15.0. The molecule has 1 aliphatic carbocycles. The third kappa shape index (κ3) is 5.58. The van der Waals surface area contributed by atoms with Gasteiger partial charge in [0, 0.05) is 43.7 Å². The number of piperidine rings is 1. The number of likely N-dealkylation sites (tertiary alicyclic amines) is 2. The zero-order valence-electron chi connectivity index (χ0n) is 24.2. The van der Waals surface area contributed by atoms with Crippen LogP contribution in [0, 0.1) is 18.3 Å². The molecule has 3 atom stereocenters.